The van der Waals surface area contributed by atoms with Crippen LogP contribution in [0.25, 0.3) is 0 Å². The van der Waals surface area contributed by atoms with Crippen molar-refractivity contribution >= 4 is 20.8 Å². The van der Waals surface area contributed by atoms with Gasteiger partial charge >= 0.3 is 0 Å². The van der Waals surface area contributed by atoms with Crippen LogP contribution in [-0.2, 0) is 0 Å². The Bertz CT molecular complexity index is 265. The summed E-state index contributed by atoms with van der Waals surface area (Å²) in [7, 11) is 2.65. The fraction of sp³-hybridized carbons (Fsp3) is 0.375. The molecular formula is C8H12ClN2P. The highest BCUT2D eigenvalue weighted by atomic mass is 35.5. The van der Waals surface area contributed by atoms with E-state index >= 15 is 0 Å². The fourth-order valence-corrected chi connectivity index (χ4v) is 1.25. The minimum Gasteiger partial charge on any atom is -0.322 e. The molecule has 0 amide bonds. The number of nitrogens with zero attached hydrogens (tertiary/aromatic N) is 1. The first-order valence-electron chi connectivity index (χ1n) is 3.75. The molecule has 0 fully saturated rings. The van der Waals surface area contributed by atoms with Crippen LogP contribution in [0.1, 0.15) is 18.7 Å². The molecule has 0 saturated heterocycles. The number of nitrogens with two attached hydrogens (primary N) is 1. The van der Waals surface area contributed by atoms with Gasteiger partial charge in [-0.05, 0) is 17.8 Å². The van der Waals surface area contributed by atoms with Crippen molar-refractivity contribution in [1.29, 1.82) is 0 Å². The molecule has 1 rings (SSSR count). The maximum atomic E-state index is 5.86. The van der Waals surface area contributed by atoms with E-state index in [0.29, 0.717) is 10.8 Å². The van der Waals surface area contributed by atoms with Crippen molar-refractivity contribution in [3.05, 3.63) is 29.0 Å². The van der Waals surface area contributed by atoms with Crippen LogP contribution in [0.2, 0.25) is 5.15 Å². The number of hydrogen-bond acceptors (Lipinski definition) is 2. The zero-order valence-electron chi connectivity index (χ0n) is 6.87. The lowest BCUT2D eigenvalue weighted by atomic mass is 10.1. The Kier molecular flexibility index (Phi) is 3.45. The normalized spacial score (nSPS) is 15.7. The number of halogens is 1. The maximum absolute atomic E-state index is 5.86. The molecular weight excluding hydrogens is 191 g/mol. The third-order valence-corrected chi connectivity index (χ3v) is 2.27. The van der Waals surface area contributed by atoms with E-state index in [1.807, 2.05) is 19.1 Å². The first-order chi connectivity index (χ1) is 5.61. The third kappa shape index (κ3) is 2.41. The van der Waals surface area contributed by atoms with Crippen LogP contribution >= 0.6 is 20.8 Å². The molecule has 4 heteroatoms. The van der Waals surface area contributed by atoms with Crippen molar-refractivity contribution in [2.24, 2.45) is 5.73 Å². The van der Waals surface area contributed by atoms with Gasteiger partial charge in [-0.2, -0.15) is 0 Å². The van der Waals surface area contributed by atoms with Gasteiger partial charge < -0.3 is 5.73 Å². The molecule has 12 heavy (non-hydrogen) atoms. The summed E-state index contributed by atoms with van der Waals surface area (Å²) in [5.41, 5.74) is 7.00. The Balaban J connectivity index is 2.88. The van der Waals surface area contributed by atoms with Gasteiger partial charge in [0.25, 0.3) is 0 Å². The lowest BCUT2D eigenvalue weighted by Gasteiger charge is -2.14. The van der Waals surface area contributed by atoms with Crippen LogP contribution in [-0.4, -0.2) is 10.6 Å². The van der Waals surface area contributed by atoms with E-state index < -0.39 is 0 Å². The van der Waals surface area contributed by atoms with Crippen molar-refractivity contribution in [3.8, 4) is 0 Å². The van der Waals surface area contributed by atoms with Crippen LogP contribution in [0.15, 0.2) is 18.2 Å². The summed E-state index contributed by atoms with van der Waals surface area (Å²) in [5, 5.41) is 0.494. The monoisotopic (exact) mass is 202 g/mol. The molecule has 0 bridgehead atoms. The zero-order valence-corrected chi connectivity index (χ0v) is 8.78. The zero-order chi connectivity index (χ0) is 9.14. The fourth-order valence-electron chi connectivity index (χ4n) is 0.879. The predicted octanol–water partition coefficient (Wildman–Crippen LogP) is 2.00. The Labute approximate surface area is 79.7 Å². The van der Waals surface area contributed by atoms with Crippen LogP contribution in [0.4, 0.5) is 0 Å². The van der Waals surface area contributed by atoms with Crippen molar-refractivity contribution in [2.45, 2.75) is 18.6 Å². The second-order valence-electron chi connectivity index (χ2n) is 2.77. The van der Waals surface area contributed by atoms with Gasteiger partial charge in [-0.15, -0.1) is 9.24 Å². The van der Waals surface area contributed by atoms with Crippen molar-refractivity contribution in [3.63, 3.8) is 0 Å². The predicted molar refractivity (Wildman–Crippen MR) is 55.3 cm³/mol. The summed E-state index contributed by atoms with van der Waals surface area (Å²) >= 11 is 5.72. The Morgan fingerprint density at radius 3 is 2.75 bits per heavy atom. The summed E-state index contributed by atoms with van der Waals surface area (Å²) in [6.07, 6.45) is 0. The number of aromatic nitrogens is 1. The van der Waals surface area contributed by atoms with Gasteiger partial charge in [0.1, 0.15) is 5.15 Å². The minimum atomic E-state index is -0.0614. The van der Waals surface area contributed by atoms with Gasteiger partial charge in [0.15, 0.2) is 0 Å². The molecule has 3 unspecified atom stereocenters. The van der Waals surface area contributed by atoms with E-state index in [2.05, 4.69) is 14.2 Å². The van der Waals surface area contributed by atoms with Crippen LogP contribution in [0.3, 0.4) is 0 Å². The molecule has 2 N–H and O–H groups in total. The van der Waals surface area contributed by atoms with E-state index in [-0.39, 0.29) is 6.04 Å². The molecule has 2 nitrogen and oxygen atoms in total. The highest BCUT2D eigenvalue weighted by molar-refractivity contribution is 7.17. The molecule has 0 aliphatic carbocycles. The molecule has 0 saturated carbocycles. The average Bonchev–Trinajstić information content (AvgIpc) is 2.03. The highest BCUT2D eigenvalue weighted by Crippen LogP contribution is 2.18. The number of pyridine rings is 1. The van der Waals surface area contributed by atoms with Gasteiger partial charge in [0.2, 0.25) is 0 Å². The summed E-state index contributed by atoms with van der Waals surface area (Å²) in [6, 6.07) is 5.42. The van der Waals surface area contributed by atoms with Crippen LogP contribution < -0.4 is 5.73 Å². The number of rotatable bonds is 2. The van der Waals surface area contributed by atoms with E-state index in [9.17, 15) is 0 Å². The second kappa shape index (κ2) is 4.18. The molecule has 1 aromatic rings. The van der Waals surface area contributed by atoms with Gasteiger partial charge in [-0.3, -0.25) is 0 Å². The van der Waals surface area contributed by atoms with E-state index in [4.69, 9.17) is 17.3 Å². The molecule has 1 aromatic heterocycles. The molecule has 0 aliphatic rings. The highest BCUT2D eigenvalue weighted by Gasteiger charge is 2.11. The first-order valence-corrected chi connectivity index (χ1v) is 4.79. The van der Waals surface area contributed by atoms with Gasteiger partial charge in [0, 0.05) is 0 Å². The largest absolute Gasteiger partial charge is 0.322 e. The maximum Gasteiger partial charge on any atom is 0.129 e. The minimum absolute atomic E-state index is 0.0614. The number of hydrogen-bond donors (Lipinski definition) is 1. The quantitative estimate of drug-likeness (QED) is 0.589. The SMILES string of the molecule is CC(P)C(N)c1cccc(Cl)n1. The molecule has 0 radical (unpaired) electrons. The third-order valence-electron chi connectivity index (χ3n) is 1.64. The standard InChI is InChI=1S/C8H12ClN2P/c1-5(12)8(10)6-3-2-4-7(9)11-6/h2-5,8H,10,12H2,1H3. The van der Waals surface area contributed by atoms with E-state index in [1.54, 1.807) is 6.07 Å². The smallest absolute Gasteiger partial charge is 0.129 e. The summed E-state index contributed by atoms with van der Waals surface area (Å²) in [4.78, 5) is 4.12. The van der Waals surface area contributed by atoms with Gasteiger partial charge in [0.05, 0.1) is 11.7 Å². The van der Waals surface area contributed by atoms with E-state index in [0.717, 1.165) is 5.69 Å². The van der Waals surface area contributed by atoms with Crippen molar-refractivity contribution in [1.82, 2.24) is 4.98 Å². The summed E-state index contributed by atoms with van der Waals surface area (Å²) in [6.45, 7) is 2.03. The average molecular weight is 203 g/mol. The van der Waals surface area contributed by atoms with Crippen molar-refractivity contribution < 1.29 is 0 Å². The van der Waals surface area contributed by atoms with Crippen molar-refractivity contribution in [2.75, 3.05) is 0 Å². The Hall–Kier alpha value is -0.170. The molecule has 1 heterocycles. The van der Waals surface area contributed by atoms with Gasteiger partial charge in [-0.1, -0.05) is 24.6 Å². The van der Waals surface area contributed by atoms with Crippen LogP contribution in [0.5, 0.6) is 0 Å². The molecule has 0 spiro atoms. The molecule has 66 valence electrons. The Morgan fingerprint density at radius 2 is 2.25 bits per heavy atom. The van der Waals surface area contributed by atoms with Crippen LogP contribution in [0, 0.1) is 0 Å². The summed E-state index contributed by atoms with van der Waals surface area (Å²) < 4.78 is 0. The van der Waals surface area contributed by atoms with E-state index in [1.165, 1.54) is 0 Å². The second-order valence-corrected chi connectivity index (χ2v) is 4.21. The topological polar surface area (TPSA) is 38.9 Å². The lowest BCUT2D eigenvalue weighted by Crippen LogP contribution is -2.19. The molecule has 3 atom stereocenters. The summed E-state index contributed by atoms with van der Waals surface area (Å²) in [5.74, 6) is 0. The molecule has 0 aliphatic heterocycles. The first kappa shape index (κ1) is 9.91. The van der Waals surface area contributed by atoms with Gasteiger partial charge in [-0.25, -0.2) is 4.98 Å². The lowest BCUT2D eigenvalue weighted by molar-refractivity contribution is 0.691. The molecule has 0 aromatic carbocycles. The Morgan fingerprint density at radius 1 is 1.58 bits per heavy atom.